The Bertz CT molecular complexity index is 1100. The van der Waals surface area contributed by atoms with Crippen molar-refractivity contribution in [1.82, 2.24) is 25.0 Å². The molecule has 4 rings (SSSR count). The fourth-order valence-corrected chi connectivity index (χ4v) is 4.06. The second kappa shape index (κ2) is 9.56. The third-order valence-electron chi connectivity index (χ3n) is 5.64. The minimum absolute atomic E-state index is 0.0537. The van der Waals surface area contributed by atoms with E-state index in [0.717, 1.165) is 37.2 Å². The van der Waals surface area contributed by atoms with Gasteiger partial charge in [0.2, 0.25) is 0 Å². The first-order chi connectivity index (χ1) is 15.6. The van der Waals surface area contributed by atoms with Gasteiger partial charge in [-0.15, -0.1) is 0 Å². The molecule has 2 heterocycles. The van der Waals surface area contributed by atoms with E-state index in [1.807, 2.05) is 24.3 Å². The second-order valence-corrected chi connectivity index (χ2v) is 7.51. The van der Waals surface area contributed by atoms with Gasteiger partial charge in [-0.3, -0.25) is 19.8 Å². The molecule has 0 aliphatic carbocycles. The number of carbonyl (C=O) groups is 1. The van der Waals surface area contributed by atoms with E-state index >= 15 is 0 Å². The molecule has 0 bridgehead atoms. The number of hydrogen-bond acceptors (Lipinski definition) is 7. The van der Waals surface area contributed by atoms with Crippen LogP contribution in [0.25, 0.3) is 5.69 Å². The van der Waals surface area contributed by atoms with Crippen LogP contribution in [-0.2, 0) is 0 Å². The van der Waals surface area contributed by atoms with E-state index in [1.165, 1.54) is 29.5 Å². The van der Waals surface area contributed by atoms with Crippen molar-refractivity contribution >= 4 is 11.6 Å². The molecule has 1 fully saturated rings. The summed E-state index contributed by atoms with van der Waals surface area (Å²) in [6, 6.07) is 12.0. The van der Waals surface area contributed by atoms with E-state index in [1.54, 1.807) is 13.2 Å². The molecule has 32 heavy (non-hydrogen) atoms. The molecule has 1 aliphatic rings. The SMILES string of the molecule is COc1ccccc1C(CNC(=O)c1ccc(-n2cncn2)c([N+](=O)[O-])c1)N1CCCC1. The lowest BCUT2D eigenvalue weighted by Crippen LogP contribution is -2.37. The summed E-state index contributed by atoms with van der Waals surface area (Å²) in [5.74, 6) is 0.392. The highest BCUT2D eigenvalue weighted by Gasteiger charge is 2.27. The number of aromatic nitrogens is 3. The third-order valence-corrected chi connectivity index (χ3v) is 5.64. The fraction of sp³-hybridized carbons (Fsp3) is 0.318. The van der Waals surface area contributed by atoms with Gasteiger partial charge in [-0.2, -0.15) is 5.10 Å². The Balaban J connectivity index is 1.56. The molecule has 1 amide bonds. The number of nitro groups is 1. The highest BCUT2D eigenvalue weighted by atomic mass is 16.6. The number of benzene rings is 2. The third kappa shape index (κ3) is 4.45. The number of nitrogens with zero attached hydrogens (tertiary/aromatic N) is 5. The maximum absolute atomic E-state index is 12.9. The summed E-state index contributed by atoms with van der Waals surface area (Å²) < 4.78 is 6.84. The van der Waals surface area contributed by atoms with Crippen LogP contribution in [0.4, 0.5) is 5.69 Å². The summed E-state index contributed by atoms with van der Waals surface area (Å²) in [7, 11) is 1.63. The smallest absolute Gasteiger partial charge is 0.295 e. The molecule has 1 atom stereocenters. The number of para-hydroxylation sites is 1. The second-order valence-electron chi connectivity index (χ2n) is 7.51. The molecule has 2 aromatic carbocycles. The Hall–Kier alpha value is -3.79. The van der Waals surface area contributed by atoms with Crippen molar-refractivity contribution in [2.45, 2.75) is 18.9 Å². The van der Waals surface area contributed by atoms with Gasteiger partial charge in [0, 0.05) is 23.7 Å². The van der Waals surface area contributed by atoms with Crippen LogP contribution in [0.5, 0.6) is 5.75 Å². The van der Waals surface area contributed by atoms with Crippen LogP contribution in [-0.4, -0.2) is 57.2 Å². The average Bonchev–Trinajstić information content (AvgIpc) is 3.54. The molecule has 0 spiro atoms. The van der Waals surface area contributed by atoms with Crippen LogP contribution >= 0.6 is 0 Å². The Morgan fingerprint density at radius 2 is 2.03 bits per heavy atom. The molecule has 0 radical (unpaired) electrons. The summed E-state index contributed by atoms with van der Waals surface area (Å²) in [6.07, 6.45) is 4.88. The van der Waals surface area contributed by atoms with Crippen LogP contribution in [0.3, 0.4) is 0 Å². The lowest BCUT2D eigenvalue weighted by Gasteiger charge is -2.29. The van der Waals surface area contributed by atoms with E-state index in [-0.39, 0.29) is 28.9 Å². The summed E-state index contributed by atoms with van der Waals surface area (Å²) >= 11 is 0. The molecular weight excluding hydrogens is 412 g/mol. The Labute approximate surface area is 185 Å². The van der Waals surface area contributed by atoms with Crippen molar-refractivity contribution in [3.63, 3.8) is 0 Å². The average molecular weight is 436 g/mol. The number of rotatable bonds is 8. The van der Waals surface area contributed by atoms with Gasteiger partial charge < -0.3 is 10.1 Å². The number of amides is 1. The zero-order valence-electron chi connectivity index (χ0n) is 17.7. The van der Waals surface area contributed by atoms with Crippen molar-refractivity contribution in [3.8, 4) is 11.4 Å². The van der Waals surface area contributed by atoms with Gasteiger partial charge in [0.05, 0.1) is 18.1 Å². The van der Waals surface area contributed by atoms with Gasteiger partial charge in [0.1, 0.15) is 24.1 Å². The summed E-state index contributed by atoms with van der Waals surface area (Å²) in [6.45, 7) is 2.24. The number of methoxy groups -OCH3 is 1. The Morgan fingerprint density at radius 3 is 2.72 bits per heavy atom. The first kappa shape index (κ1) is 21.4. The minimum atomic E-state index is -0.532. The summed E-state index contributed by atoms with van der Waals surface area (Å²) in [5, 5.41) is 18.5. The first-order valence-electron chi connectivity index (χ1n) is 10.4. The molecule has 1 aromatic heterocycles. The van der Waals surface area contributed by atoms with Crippen LogP contribution < -0.4 is 10.1 Å². The molecule has 10 heteroatoms. The van der Waals surface area contributed by atoms with Gasteiger partial charge >= 0.3 is 0 Å². The molecular formula is C22H24N6O4. The number of hydrogen-bond donors (Lipinski definition) is 1. The van der Waals surface area contributed by atoms with Crippen molar-refractivity contribution in [2.24, 2.45) is 0 Å². The highest BCUT2D eigenvalue weighted by Crippen LogP contribution is 2.31. The quantitative estimate of drug-likeness (QED) is 0.426. The largest absolute Gasteiger partial charge is 0.496 e. The Morgan fingerprint density at radius 1 is 1.25 bits per heavy atom. The van der Waals surface area contributed by atoms with E-state index in [2.05, 4.69) is 20.3 Å². The van der Waals surface area contributed by atoms with E-state index in [0.29, 0.717) is 6.54 Å². The maximum atomic E-state index is 12.9. The number of likely N-dealkylation sites (tertiary alicyclic amines) is 1. The zero-order valence-corrected chi connectivity index (χ0v) is 17.7. The van der Waals surface area contributed by atoms with E-state index in [4.69, 9.17) is 4.74 Å². The van der Waals surface area contributed by atoms with Crippen molar-refractivity contribution in [1.29, 1.82) is 0 Å². The van der Waals surface area contributed by atoms with Crippen molar-refractivity contribution in [2.75, 3.05) is 26.7 Å². The predicted octanol–water partition coefficient (Wildman–Crippen LogP) is 2.75. The van der Waals surface area contributed by atoms with Gasteiger partial charge in [-0.05, 0) is 44.1 Å². The number of carbonyl (C=O) groups excluding carboxylic acids is 1. The molecule has 166 valence electrons. The van der Waals surface area contributed by atoms with Crippen LogP contribution in [0.15, 0.2) is 55.1 Å². The number of nitro benzene ring substituents is 1. The predicted molar refractivity (Wildman–Crippen MR) is 117 cm³/mol. The lowest BCUT2D eigenvalue weighted by atomic mass is 10.0. The molecule has 1 aliphatic heterocycles. The van der Waals surface area contributed by atoms with Gasteiger partial charge in [-0.25, -0.2) is 9.67 Å². The monoisotopic (exact) mass is 436 g/mol. The first-order valence-corrected chi connectivity index (χ1v) is 10.4. The van der Waals surface area contributed by atoms with Gasteiger partial charge in [0.15, 0.2) is 0 Å². The zero-order chi connectivity index (χ0) is 22.5. The number of ether oxygens (including phenoxy) is 1. The van der Waals surface area contributed by atoms with E-state index < -0.39 is 4.92 Å². The molecule has 10 nitrogen and oxygen atoms in total. The molecule has 0 saturated carbocycles. The molecule has 1 saturated heterocycles. The molecule has 1 N–H and O–H groups in total. The van der Waals surface area contributed by atoms with Crippen LogP contribution in [0.1, 0.15) is 34.8 Å². The standard InChI is InChI=1S/C22H24N6O4/c1-32-21-7-3-2-6-17(21)20(26-10-4-5-11-26)13-24-22(29)16-8-9-18(19(12-16)28(30)31)27-15-23-14-25-27/h2-3,6-9,12,14-15,20H,4-5,10-11,13H2,1H3,(H,24,29). The van der Waals surface area contributed by atoms with Gasteiger partial charge in [0.25, 0.3) is 11.6 Å². The highest BCUT2D eigenvalue weighted by molar-refractivity contribution is 5.95. The molecule has 3 aromatic rings. The maximum Gasteiger partial charge on any atom is 0.295 e. The Kier molecular flexibility index (Phi) is 6.41. The normalized spacial score (nSPS) is 14.8. The fourth-order valence-electron chi connectivity index (χ4n) is 4.06. The van der Waals surface area contributed by atoms with Gasteiger partial charge in [-0.1, -0.05) is 18.2 Å². The minimum Gasteiger partial charge on any atom is -0.496 e. The molecule has 1 unspecified atom stereocenters. The van der Waals surface area contributed by atoms with E-state index in [9.17, 15) is 14.9 Å². The van der Waals surface area contributed by atoms with Crippen LogP contribution in [0, 0.1) is 10.1 Å². The summed E-state index contributed by atoms with van der Waals surface area (Å²) in [4.78, 5) is 30.1. The topological polar surface area (TPSA) is 115 Å². The number of nitrogens with one attached hydrogen (secondary N) is 1. The van der Waals surface area contributed by atoms with Crippen LogP contribution in [0.2, 0.25) is 0 Å². The lowest BCUT2D eigenvalue weighted by molar-refractivity contribution is -0.384. The van der Waals surface area contributed by atoms with Crippen molar-refractivity contribution < 1.29 is 14.5 Å². The summed E-state index contributed by atoms with van der Waals surface area (Å²) in [5.41, 5.74) is 1.24. The van der Waals surface area contributed by atoms with Crippen molar-refractivity contribution in [3.05, 3.63) is 76.4 Å².